The zero-order chi connectivity index (χ0) is 88.9. The Morgan fingerprint density at radius 3 is 0.934 bits per heavy atom. The van der Waals surface area contributed by atoms with Gasteiger partial charge in [-0.15, -0.1) is 0 Å². The maximum Gasteiger partial charge on any atom is 1.00 e. The molecule has 716 valence electrons. The van der Waals surface area contributed by atoms with E-state index in [1.807, 2.05) is 0 Å². The van der Waals surface area contributed by atoms with Crippen molar-refractivity contribution in [1.29, 1.82) is 0 Å². The molecule has 9 fully saturated rings. The molecule has 9 rings (SSSR count). The average Bonchev–Trinajstić information content (AvgIpc) is 1.54. The van der Waals surface area contributed by atoms with Crippen molar-refractivity contribution < 1.29 is 204 Å². The van der Waals surface area contributed by atoms with Crippen LogP contribution < -0.4 is 84.8 Å². The van der Waals surface area contributed by atoms with E-state index in [2.05, 4.69) is 28.2 Å². The van der Waals surface area contributed by atoms with Crippen LogP contribution in [-0.2, 0) is 76.0 Å². The third kappa shape index (κ3) is 31.7. The Balaban J connectivity index is 0.00000172. The van der Waals surface area contributed by atoms with Crippen LogP contribution in [0.25, 0.3) is 0 Å². The number of carbonyl (C=O) groups is 3. The van der Waals surface area contributed by atoms with Crippen molar-refractivity contribution in [3.8, 4) is 0 Å². The molecule has 42 atom stereocenters. The normalized spacial score (nSPS) is 42.5. The number of hydroxylamine groups is 1. The average molecular weight is 1790 g/mol. The van der Waals surface area contributed by atoms with Gasteiger partial charge in [0, 0.05) is 73.8 Å². The van der Waals surface area contributed by atoms with E-state index >= 15 is 0 Å². The van der Waals surface area contributed by atoms with Crippen LogP contribution in [-0.4, -0.2) is 433 Å². The summed E-state index contributed by atoms with van der Waals surface area (Å²) < 4.78 is 76.9. The van der Waals surface area contributed by atoms with Crippen LogP contribution in [0.1, 0.15) is 112 Å². The number of carbonyl (C=O) groups excluding carboxylic acids is 3. The quantitative estimate of drug-likeness (QED) is 0.0157. The molecule has 0 bridgehead atoms. The van der Waals surface area contributed by atoms with Crippen molar-refractivity contribution >= 4 is 17.7 Å². The number of aliphatic hydroxyl groups excluding tert-OH is 16. The van der Waals surface area contributed by atoms with Gasteiger partial charge in [0.25, 0.3) is 0 Å². The molecule has 8 aliphatic heterocycles. The van der Waals surface area contributed by atoms with E-state index in [0.29, 0.717) is 0 Å². The number of hydrogen-bond acceptors (Lipinski definition) is 41. The summed E-state index contributed by atoms with van der Waals surface area (Å²) in [6.45, 7) is 16.1. The van der Waals surface area contributed by atoms with E-state index in [4.69, 9.17) is 95.5 Å². The fourth-order valence-corrected chi connectivity index (χ4v) is 15.0. The van der Waals surface area contributed by atoms with Gasteiger partial charge in [0.15, 0.2) is 31.5 Å². The predicted molar refractivity (Wildman–Crippen MR) is 426 cm³/mol. The van der Waals surface area contributed by atoms with Gasteiger partial charge < -0.3 is 209 Å². The van der Waals surface area contributed by atoms with Crippen LogP contribution in [0, 0.1) is 34.1 Å². The predicted octanol–water partition coefficient (Wildman–Crippen LogP) is -15.8. The molecule has 33 N–H and O–H groups in total. The van der Waals surface area contributed by atoms with Gasteiger partial charge in [0.05, 0.1) is 138 Å². The molecule has 3 amide bonds. The second-order valence-electron chi connectivity index (χ2n) is 32.3. The molecule has 0 radical (unpaired) electrons. The minimum atomic E-state index is -1.45. The first-order valence-electron chi connectivity index (χ1n) is 40.1. The van der Waals surface area contributed by atoms with Crippen molar-refractivity contribution in [1.82, 2.24) is 26.2 Å². The Bertz CT molecular complexity index is 2960. The molecule has 0 aromatic heterocycles. The van der Waals surface area contributed by atoms with Crippen LogP contribution in [0.2, 0.25) is 0 Å². The van der Waals surface area contributed by atoms with Crippen LogP contribution in [0.3, 0.4) is 0 Å². The van der Waals surface area contributed by atoms with E-state index in [0.717, 1.165) is 18.2 Å². The van der Waals surface area contributed by atoms with Gasteiger partial charge in [-0.05, 0) is 47.6 Å². The van der Waals surface area contributed by atoms with Crippen LogP contribution in [0.4, 0.5) is 0 Å². The third-order valence-electron chi connectivity index (χ3n) is 22.4. The van der Waals surface area contributed by atoms with Crippen LogP contribution >= 0.6 is 0 Å². The number of nitrogens with one attached hydrogen (secondary N) is 5. The molecule has 0 aromatic carbocycles. The second kappa shape index (κ2) is 55.3. The minimum Gasteiger partial charge on any atom is -0.569 e. The summed E-state index contributed by atoms with van der Waals surface area (Å²) in [5.41, 5.74) is 30.0. The number of likely N-dealkylation sites (N-methyl/N-ethyl adjacent to an activating group) is 1. The molecule has 9 aliphatic rings. The molecule has 1 aliphatic carbocycles. The third-order valence-corrected chi connectivity index (χ3v) is 22.4. The largest absolute Gasteiger partial charge is 1.00 e. The van der Waals surface area contributed by atoms with Crippen molar-refractivity contribution in [3.63, 3.8) is 0 Å². The Labute approximate surface area is 736 Å². The summed E-state index contributed by atoms with van der Waals surface area (Å²) in [7, 11) is 2.75. The van der Waals surface area contributed by atoms with Gasteiger partial charge in [-0.25, -0.2) is 0 Å². The first-order valence-corrected chi connectivity index (χ1v) is 40.1. The fraction of sp³-hybridized carbons (Fsp3) is 0.959. The summed E-state index contributed by atoms with van der Waals surface area (Å²) >= 11 is 0. The van der Waals surface area contributed by atoms with Gasteiger partial charge >= 0.3 is 31.0 Å². The first-order chi connectivity index (χ1) is 55.4. The minimum absolute atomic E-state index is 0. The molecule has 122 heavy (non-hydrogen) atoms. The summed E-state index contributed by atoms with van der Waals surface area (Å²) in [5.74, 6) is -1.83. The van der Waals surface area contributed by atoms with E-state index < -0.39 is 308 Å². The summed E-state index contributed by atoms with van der Waals surface area (Å²) in [6, 6.07) is -8.20. The molecule has 1 saturated carbocycles. The zero-order valence-corrected chi connectivity index (χ0v) is 73.1. The van der Waals surface area contributed by atoms with E-state index in [9.17, 15) is 101 Å². The number of ether oxygens (including phenoxy) is 13. The Morgan fingerprint density at radius 2 is 0.689 bits per heavy atom. The van der Waals surface area contributed by atoms with E-state index in [1.165, 1.54) is 33.6 Å². The second-order valence-corrected chi connectivity index (χ2v) is 32.3. The number of amides is 3. The van der Waals surface area contributed by atoms with Gasteiger partial charge in [0.1, 0.15) is 110 Å². The number of rotatable bonds is 27. The molecule has 18 unspecified atom stereocenters. The Kier molecular flexibility index (Phi) is 53.1. The van der Waals surface area contributed by atoms with E-state index in [-0.39, 0.29) is 88.0 Å². The fourth-order valence-electron chi connectivity index (χ4n) is 15.0. The molecular formula is C74H151N12NaO35+2. The van der Waals surface area contributed by atoms with Gasteiger partial charge in [-0.2, -0.15) is 0 Å². The first kappa shape index (κ1) is 117. The molecule has 8 heterocycles. The van der Waals surface area contributed by atoms with Gasteiger partial charge in [-0.1, -0.05) is 55.4 Å². The number of nitrogens with two attached hydrogens (primary N) is 5. The standard InChI is InChI=1S/C26H50N4O12.C25H48N4O12.C16H30N2O8.C4H8.CH4N2O2.2CH4.Na.H2O/c1-10(27)6-30(5)19-22(37)24(41-25-18(29-13(4)34)20(35)11(2)14(7-31)39-25)16(9-33)40-26(19)42-23-15(8-32)38-12(3)17(28)21(23)36;1-9(26)5-28-17-21(36)23(41-25-18(29-12(4)33)19(34)10(2)13(6-30)38-25)15(8-32)39-24(17)40-22-14(7-31)37-11(3)16(27)20(22)35;1-6-9(4-19)25-16(12(13(6)22)18-8(3)21)26-15-10(5-20)24-7(2)11(17)14(15)23;1-4-2-3-4;1-3(5)2-4;;;;/h10-12,14-26,31-33,35-37H,6-9,27-28H2,1-5H3,(H,29,34);9-11,13-25,28,30-32,34-36H,5-8,26-27H2,1-4H3,(H,29,33);6-7,9-16,19-20,22-23H,4-5,17H2,1-3H3,(H,18,21);4H,2-3H2,1H3;2H,1H3;2*1H4;;1H2/q;;;;;;;+1;/p+1/b;;;;3-2-;;;;/t10?,11-,12-,14?,15?,16?,17?,18?,19?,20-,21+,22+,23+,24+,25-,26-;9?,10-,11-,13?,14?,15?,16?,17?,18?,19-,20+,21+,22+,23+,24-,25-;6-,7-,9?,10?,11?,12?,13-,14+,15+,16-;;;;;;/m000....../s1. The molecular weight excluding hydrogens is 1640 g/mol. The van der Waals surface area contributed by atoms with Gasteiger partial charge in [-0.3, -0.25) is 19.3 Å². The smallest absolute Gasteiger partial charge is 0.569 e. The summed E-state index contributed by atoms with van der Waals surface area (Å²) in [6.07, 6.45) is -28.5. The van der Waals surface area contributed by atoms with Crippen molar-refractivity contribution in [2.45, 2.75) is 349 Å². The van der Waals surface area contributed by atoms with Crippen molar-refractivity contribution in [2.24, 2.45) is 52.3 Å². The van der Waals surface area contributed by atoms with Crippen LogP contribution in [0.15, 0.2) is 0 Å². The van der Waals surface area contributed by atoms with Crippen molar-refractivity contribution in [2.75, 3.05) is 80.0 Å². The number of hydrogen-bond donors (Lipinski definition) is 26. The molecule has 47 nitrogen and oxygen atoms in total. The maximum atomic E-state index is 11.9. The topological polar surface area (TPSA) is 771 Å². The molecule has 0 aromatic rings. The van der Waals surface area contributed by atoms with Crippen molar-refractivity contribution in [3.05, 3.63) is 10.4 Å². The Morgan fingerprint density at radius 1 is 0.451 bits per heavy atom. The maximum absolute atomic E-state index is 11.9. The molecule has 0 spiro atoms. The van der Waals surface area contributed by atoms with Crippen LogP contribution in [0.5, 0.6) is 0 Å². The summed E-state index contributed by atoms with van der Waals surface area (Å²) in [5, 5.41) is 197. The van der Waals surface area contributed by atoms with E-state index in [1.54, 1.807) is 67.3 Å². The number of nitrogens with zero attached hydrogens (tertiary/aromatic N) is 2. The summed E-state index contributed by atoms with van der Waals surface area (Å²) in [4.78, 5) is 37.1. The molecule has 8 saturated heterocycles. The monoisotopic (exact) mass is 1790 g/mol. The number of aliphatic hydroxyl groups is 16. The van der Waals surface area contributed by atoms with Gasteiger partial charge in [0.2, 0.25) is 24.8 Å². The Hall–Kier alpha value is -2.87. The SMILES string of the molecule is C.C.C/[N+]([O-])=[NH+]/[O-].CC(=O)NC1[C@H](O[C@@H]2C(CO)O[C@@H](C)C(N)[C@H]2O)OC(CO)[C@H](C)[C@@H]1O.CC(=O)NC1[C@H](O[C@@H]2C(CO)O[C@@H](O[C@@H]3C(CO)O[C@@H](C)C(N)[C@H]3O)C(N(C)CC(C)N)[C@H]2O)OC(CO)[C@H](C)[C@@H]1O.CC(=O)NC1[C@H](O[C@@H]2C(CO)O[C@@H](O[C@@H]3C(CO)O[C@@H](C)C(N)[C@H]3O)C(NCC(C)N)[C@H]2O)OC(CO)[C@H](C)[C@@H]1O.CC1CC1.O.[H+].[Na+]. The zero-order valence-electron chi connectivity index (χ0n) is 72.1. The molecule has 48 heteroatoms.